The van der Waals surface area contributed by atoms with E-state index in [4.69, 9.17) is 5.11 Å². The molecule has 1 heterocycles. The van der Waals surface area contributed by atoms with Gasteiger partial charge in [-0.05, 0) is 29.3 Å². The molecule has 1 saturated heterocycles. The van der Waals surface area contributed by atoms with Gasteiger partial charge in [0, 0.05) is 38.7 Å². The van der Waals surface area contributed by atoms with E-state index in [1.54, 1.807) is 6.07 Å². The summed E-state index contributed by atoms with van der Waals surface area (Å²) in [6.07, 6.45) is 2.77. The maximum atomic E-state index is 13.6. The number of nitrogens with one attached hydrogen (secondary N) is 1. The molecule has 0 aliphatic carbocycles. The highest BCUT2D eigenvalue weighted by Gasteiger charge is 2.13. The van der Waals surface area contributed by atoms with Gasteiger partial charge >= 0.3 is 5.97 Å². The van der Waals surface area contributed by atoms with Crippen molar-refractivity contribution < 1.29 is 19.1 Å². The van der Waals surface area contributed by atoms with Crippen molar-refractivity contribution in [2.75, 3.05) is 19.6 Å². The molecule has 1 aromatic carbocycles. The topological polar surface area (TPSA) is 69.6 Å². The van der Waals surface area contributed by atoms with Gasteiger partial charge in [0.25, 0.3) is 0 Å². The second kappa shape index (κ2) is 6.99. The Morgan fingerprint density at radius 2 is 2.19 bits per heavy atom. The first-order valence-electron chi connectivity index (χ1n) is 6.72. The normalized spacial score (nSPS) is 16.7. The minimum atomic E-state index is -1.07. The molecule has 0 radical (unpaired) electrons. The minimum Gasteiger partial charge on any atom is -0.478 e. The molecule has 1 aliphatic heterocycles. The van der Waals surface area contributed by atoms with E-state index < -0.39 is 11.8 Å². The van der Waals surface area contributed by atoms with Crippen molar-refractivity contribution in [1.82, 2.24) is 10.2 Å². The summed E-state index contributed by atoms with van der Waals surface area (Å²) in [5.74, 6) is -1.44. The summed E-state index contributed by atoms with van der Waals surface area (Å²) in [5.41, 5.74) is 1.27. The summed E-state index contributed by atoms with van der Waals surface area (Å²) >= 11 is 0. The third kappa shape index (κ3) is 5.00. The molecule has 0 spiro atoms. The molecule has 2 N–H and O–H groups in total. The molecule has 0 atom stereocenters. The molecule has 1 aliphatic rings. The monoisotopic (exact) mass is 292 g/mol. The van der Waals surface area contributed by atoms with Gasteiger partial charge in [0.15, 0.2) is 0 Å². The predicted molar refractivity (Wildman–Crippen MR) is 76.0 cm³/mol. The molecule has 1 aromatic rings. The summed E-state index contributed by atoms with van der Waals surface area (Å²) < 4.78 is 13.6. The predicted octanol–water partition coefficient (Wildman–Crippen LogP) is 1.25. The average molecular weight is 292 g/mol. The Labute approximate surface area is 122 Å². The van der Waals surface area contributed by atoms with Crippen LogP contribution in [-0.2, 0) is 16.1 Å². The van der Waals surface area contributed by atoms with Crippen LogP contribution in [0.25, 0.3) is 6.08 Å². The maximum absolute atomic E-state index is 13.6. The van der Waals surface area contributed by atoms with Crippen LogP contribution in [0.1, 0.15) is 17.5 Å². The molecule has 1 fully saturated rings. The quantitative estimate of drug-likeness (QED) is 0.819. The number of carboxylic acids is 1. The highest BCUT2D eigenvalue weighted by atomic mass is 19.1. The number of benzene rings is 1. The van der Waals surface area contributed by atoms with Gasteiger partial charge in [0.1, 0.15) is 5.82 Å². The van der Waals surface area contributed by atoms with Gasteiger partial charge in [-0.3, -0.25) is 9.69 Å². The summed E-state index contributed by atoms with van der Waals surface area (Å²) in [5, 5.41) is 11.4. The van der Waals surface area contributed by atoms with Gasteiger partial charge in [0.05, 0.1) is 0 Å². The fourth-order valence-corrected chi connectivity index (χ4v) is 2.26. The van der Waals surface area contributed by atoms with E-state index in [0.717, 1.165) is 11.6 Å². The lowest BCUT2D eigenvalue weighted by Crippen LogP contribution is -2.28. The standard InChI is InChI=1S/C15H17FN2O3/c16-13-8-11(1-2-15(20)21)7-12(9-13)10-18-5-3-14(19)17-4-6-18/h1-2,7-9H,3-6,10H2,(H,17,19)(H,20,21). The molecule has 5 nitrogen and oxygen atoms in total. The number of aliphatic carboxylic acids is 1. The third-order valence-electron chi connectivity index (χ3n) is 3.21. The smallest absolute Gasteiger partial charge is 0.328 e. The number of carboxylic acid groups (broad SMARTS) is 1. The van der Waals surface area contributed by atoms with E-state index in [9.17, 15) is 14.0 Å². The van der Waals surface area contributed by atoms with Crippen molar-refractivity contribution in [3.63, 3.8) is 0 Å². The lowest BCUT2D eigenvalue weighted by Gasteiger charge is -2.19. The lowest BCUT2D eigenvalue weighted by atomic mass is 10.1. The Balaban J connectivity index is 2.08. The summed E-state index contributed by atoms with van der Waals surface area (Å²) in [4.78, 5) is 23.8. The Bertz CT molecular complexity index is 572. The molecule has 0 bridgehead atoms. The number of amides is 1. The van der Waals surface area contributed by atoms with Crippen LogP contribution in [0.3, 0.4) is 0 Å². The number of carbonyl (C=O) groups is 2. The fourth-order valence-electron chi connectivity index (χ4n) is 2.26. The van der Waals surface area contributed by atoms with Crippen LogP contribution in [0.2, 0.25) is 0 Å². The van der Waals surface area contributed by atoms with Crippen LogP contribution in [-0.4, -0.2) is 41.5 Å². The highest BCUT2D eigenvalue weighted by Crippen LogP contribution is 2.14. The largest absolute Gasteiger partial charge is 0.478 e. The van der Waals surface area contributed by atoms with Crippen molar-refractivity contribution in [2.24, 2.45) is 0 Å². The number of nitrogens with zero attached hydrogens (tertiary/aromatic N) is 1. The van der Waals surface area contributed by atoms with Crippen LogP contribution in [0.15, 0.2) is 24.3 Å². The van der Waals surface area contributed by atoms with E-state index >= 15 is 0 Å². The summed E-state index contributed by atoms with van der Waals surface area (Å²) in [6, 6.07) is 4.47. The Morgan fingerprint density at radius 3 is 2.95 bits per heavy atom. The van der Waals surface area contributed by atoms with Crippen LogP contribution in [0.5, 0.6) is 0 Å². The number of rotatable bonds is 4. The van der Waals surface area contributed by atoms with Gasteiger partial charge in [-0.15, -0.1) is 0 Å². The van der Waals surface area contributed by atoms with Gasteiger partial charge in [0.2, 0.25) is 5.91 Å². The van der Waals surface area contributed by atoms with Crippen molar-refractivity contribution in [2.45, 2.75) is 13.0 Å². The number of hydrogen-bond donors (Lipinski definition) is 2. The van der Waals surface area contributed by atoms with Gasteiger partial charge < -0.3 is 10.4 Å². The van der Waals surface area contributed by atoms with E-state index in [1.807, 2.05) is 0 Å². The zero-order chi connectivity index (χ0) is 15.2. The third-order valence-corrected chi connectivity index (χ3v) is 3.21. The van der Waals surface area contributed by atoms with Crippen molar-refractivity contribution >= 4 is 18.0 Å². The lowest BCUT2D eigenvalue weighted by molar-refractivity contribution is -0.131. The average Bonchev–Trinajstić information content (AvgIpc) is 2.61. The molecule has 21 heavy (non-hydrogen) atoms. The fraction of sp³-hybridized carbons (Fsp3) is 0.333. The van der Waals surface area contributed by atoms with E-state index in [-0.39, 0.29) is 5.91 Å². The molecule has 112 valence electrons. The van der Waals surface area contributed by atoms with E-state index in [1.165, 1.54) is 18.2 Å². The highest BCUT2D eigenvalue weighted by molar-refractivity contribution is 5.85. The second-order valence-corrected chi connectivity index (χ2v) is 4.94. The van der Waals surface area contributed by atoms with Crippen LogP contribution in [0, 0.1) is 5.82 Å². The summed E-state index contributed by atoms with van der Waals surface area (Å²) in [6.45, 7) is 2.45. The Hall–Kier alpha value is -2.21. The summed E-state index contributed by atoms with van der Waals surface area (Å²) in [7, 11) is 0. The maximum Gasteiger partial charge on any atom is 0.328 e. The number of hydrogen-bond acceptors (Lipinski definition) is 3. The molecule has 1 amide bonds. The molecule has 0 aromatic heterocycles. The van der Waals surface area contributed by atoms with Crippen molar-refractivity contribution in [3.05, 3.63) is 41.2 Å². The molecular weight excluding hydrogens is 275 g/mol. The van der Waals surface area contributed by atoms with Crippen LogP contribution >= 0.6 is 0 Å². The Kier molecular flexibility index (Phi) is 5.05. The molecule has 6 heteroatoms. The first-order chi connectivity index (χ1) is 10.0. The first kappa shape index (κ1) is 15.2. The van der Waals surface area contributed by atoms with E-state index in [0.29, 0.717) is 38.2 Å². The Morgan fingerprint density at radius 1 is 1.38 bits per heavy atom. The zero-order valence-electron chi connectivity index (χ0n) is 11.5. The van der Waals surface area contributed by atoms with Crippen molar-refractivity contribution in [3.8, 4) is 0 Å². The SMILES string of the molecule is O=C(O)C=Cc1cc(F)cc(CN2CCNC(=O)CC2)c1. The van der Waals surface area contributed by atoms with Crippen LogP contribution < -0.4 is 5.32 Å². The molecule has 2 rings (SSSR count). The van der Waals surface area contributed by atoms with Crippen molar-refractivity contribution in [1.29, 1.82) is 0 Å². The zero-order valence-corrected chi connectivity index (χ0v) is 11.5. The van der Waals surface area contributed by atoms with E-state index in [2.05, 4.69) is 10.2 Å². The molecule has 0 unspecified atom stereocenters. The van der Waals surface area contributed by atoms with Gasteiger partial charge in [-0.2, -0.15) is 0 Å². The van der Waals surface area contributed by atoms with Crippen LogP contribution in [0.4, 0.5) is 4.39 Å². The molecule has 0 saturated carbocycles. The van der Waals surface area contributed by atoms with Gasteiger partial charge in [-0.25, -0.2) is 9.18 Å². The minimum absolute atomic E-state index is 0.0295. The number of carbonyl (C=O) groups excluding carboxylic acids is 1. The number of halogens is 1. The second-order valence-electron chi connectivity index (χ2n) is 4.94. The van der Waals surface area contributed by atoms with Gasteiger partial charge in [-0.1, -0.05) is 6.07 Å². The molecular formula is C15H17FN2O3. The first-order valence-corrected chi connectivity index (χ1v) is 6.72.